The number of nitrogens with one attached hydrogen (secondary N) is 2. The van der Waals surface area contributed by atoms with Crippen molar-refractivity contribution in [2.45, 2.75) is 33.9 Å². The van der Waals surface area contributed by atoms with E-state index in [1.807, 2.05) is 42.2 Å². The molecule has 2 N–H and O–H groups in total. The molecular formula is C20H25N5O. The summed E-state index contributed by atoms with van der Waals surface area (Å²) < 4.78 is 0. The van der Waals surface area contributed by atoms with Crippen LogP contribution in [0.5, 0.6) is 0 Å². The Labute approximate surface area is 153 Å². The van der Waals surface area contributed by atoms with Crippen LogP contribution in [0.15, 0.2) is 42.7 Å². The van der Waals surface area contributed by atoms with Crippen LogP contribution in [-0.4, -0.2) is 32.4 Å². The Morgan fingerprint density at radius 3 is 2.85 bits per heavy atom. The van der Waals surface area contributed by atoms with Crippen molar-refractivity contribution >= 4 is 17.1 Å². The Kier molecular flexibility index (Phi) is 5.51. The quantitative estimate of drug-likeness (QED) is 0.712. The smallest absolute Gasteiger partial charge is 0.317 e. The van der Waals surface area contributed by atoms with E-state index in [0.29, 0.717) is 25.6 Å². The molecule has 0 unspecified atom stereocenters. The molecule has 0 aliphatic carbocycles. The van der Waals surface area contributed by atoms with Gasteiger partial charge in [0, 0.05) is 32.0 Å². The minimum absolute atomic E-state index is 0.0663. The van der Waals surface area contributed by atoms with Gasteiger partial charge in [-0.1, -0.05) is 26.0 Å². The number of aromatic nitrogens is 3. The van der Waals surface area contributed by atoms with Crippen LogP contribution in [0.2, 0.25) is 0 Å². The SMILES string of the molecule is Cc1nc2ccc(CNC(=O)N(Cc3cccnc3)CC(C)C)cc2[nH]1. The van der Waals surface area contributed by atoms with E-state index in [4.69, 9.17) is 0 Å². The van der Waals surface area contributed by atoms with Crippen LogP contribution >= 0.6 is 0 Å². The number of urea groups is 1. The highest BCUT2D eigenvalue weighted by Gasteiger charge is 2.15. The fourth-order valence-corrected chi connectivity index (χ4v) is 2.96. The maximum Gasteiger partial charge on any atom is 0.317 e. The second kappa shape index (κ2) is 7.99. The van der Waals surface area contributed by atoms with E-state index in [2.05, 4.69) is 34.1 Å². The molecule has 2 aromatic heterocycles. The largest absolute Gasteiger partial charge is 0.342 e. The fraction of sp³-hybridized carbons (Fsp3) is 0.350. The molecule has 0 saturated heterocycles. The number of H-pyrrole nitrogens is 1. The summed E-state index contributed by atoms with van der Waals surface area (Å²) in [6.45, 7) is 7.88. The first-order chi connectivity index (χ1) is 12.5. The monoisotopic (exact) mass is 351 g/mol. The summed E-state index contributed by atoms with van der Waals surface area (Å²) in [5.74, 6) is 1.28. The molecule has 6 nitrogen and oxygen atoms in total. The number of rotatable bonds is 6. The van der Waals surface area contributed by atoms with E-state index in [0.717, 1.165) is 28.0 Å². The first-order valence-corrected chi connectivity index (χ1v) is 8.88. The third-order valence-electron chi connectivity index (χ3n) is 4.08. The van der Waals surface area contributed by atoms with Crippen molar-refractivity contribution in [3.63, 3.8) is 0 Å². The molecular weight excluding hydrogens is 326 g/mol. The van der Waals surface area contributed by atoms with E-state index in [9.17, 15) is 4.79 Å². The lowest BCUT2D eigenvalue weighted by Crippen LogP contribution is -2.41. The Hall–Kier alpha value is -2.89. The van der Waals surface area contributed by atoms with Crippen molar-refractivity contribution in [3.8, 4) is 0 Å². The summed E-state index contributed by atoms with van der Waals surface area (Å²) in [5, 5.41) is 3.03. The summed E-state index contributed by atoms with van der Waals surface area (Å²) in [4.78, 5) is 26.3. The standard InChI is InChI=1S/C20H25N5O/c1-14(2)12-25(13-17-5-4-8-21-10-17)20(26)22-11-16-6-7-18-19(9-16)24-15(3)23-18/h4-10,14H,11-13H2,1-3H3,(H,22,26)(H,23,24). The van der Waals surface area contributed by atoms with Crippen LogP contribution < -0.4 is 5.32 Å². The maximum absolute atomic E-state index is 12.7. The number of aromatic amines is 1. The first-order valence-electron chi connectivity index (χ1n) is 8.88. The molecule has 3 rings (SSSR count). The minimum Gasteiger partial charge on any atom is -0.342 e. The zero-order valence-electron chi connectivity index (χ0n) is 15.5. The molecule has 0 radical (unpaired) electrons. The molecule has 0 atom stereocenters. The number of benzene rings is 1. The first kappa shape index (κ1) is 17.9. The van der Waals surface area contributed by atoms with Gasteiger partial charge in [-0.15, -0.1) is 0 Å². The van der Waals surface area contributed by atoms with Gasteiger partial charge in [-0.2, -0.15) is 0 Å². The van der Waals surface area contributed by atoms with Crippen LogP contribution in [0.1, 0.15) is 30.8 Å². The predicted octanol–water partition coefficient (Wildman–Crippen LogP) is 3.63. The van der Waals surface area contributed by atoms with Crippen LogP contribution in [0.4, 0.5) is 4.79 Å². The van der Waals surface area contributed by atoms with E-state index in [1.165, 1.54) is 0 Å². The highest BCUT2D eigenvalue weighted by molar-refractivity contribution is 5.77. The average Bonchev–Trinajstić information content (AvgIpc) is 2.99. The van der Waals surface area contributed by atoms with Gasteiger partial charge in [0.15, 0.2) is 0 Å². The summed E-state index contributed by atoms with van der Waals surface area (Å²) in [6.07, 6.45) is 3.54. The summed E-state index contributed by atoms with van der Waals surface area (Å²) >= 11 is 0. The Bertz CT molecular complexity index is 872. The zero-order valence-corrected chi connectivity index (χ0v) is 15.5. The third-order valence-corrected chi connectivity index (χ3v) is 4.08. The predicted molar refractivity (Wildman–Crippen MR) is 103 cm³/mol. The van der Waals surface area contributed by atoms with E-state index >= 15 is 0 Å². The van der Waals surface area contributed by atoms with Gasteiger partial charge in [-0.05, 0) is 42.2 Å². The van der Waals surface area contributed by atoms with E-state index in [1.54, 1.807) is 12.4 Å². The number of carbonyl (C=O) groups is 1. The fourth-order valence-electron chi connectivity index (χ4n) is 2.96. The molecule has 2 amide bonds. The van der Waals surface area contributed by atoms with Gasteiger partial charge in [-0.25, -0.2) is 9.78 Å². The lowest BCUT2D eigenvalue weighted by molar-refractivity contribution is 0.187. The summed E-state index contributed by atoms with van der Waals surface area (Å²) in [7, 11) is 0. The molecule has 3 aromatic rings. The highest BCUT2D eigenvalue weighted by atomic mass is 16.2. The van der Waals surface area contributed by atoms with E-state index in [-0.39, 0.29) is 6.03 Å². The van der Waals surface area contributed by atoms with Crippen molar-refractivity contribution in [2.75, 3.05) is 6.54 Å². The highest BCUT2D eigenvalue weighted by Crippen LogP contribution is 2.14. The summed E-state index contributed by atoms with van der Waals surface area (Å²) in [6, 6.07) is 9.82. The topological polar surface area (TPSA) is 73.9 Å². The molecule has 0 spiro atoms. The molecule has 0 fully saturated rings. The Morgan fingerprint density at radius 1 is 1.27 bits per heavy atom. The van der Waals surface area contributed by atoms with Crippen LogP contribution in [0.25, 0.3) is 11.0 Å². The van der Waals surface area contributed by atoms with Gasteiger partial charge >= 0.3 is 6.03 Å². The molecule has 26 heavy (non-hydrogen) atoms. The van der Waals surface area contributed by atoms with Crippen molar-refractivity contribution < 1.29 is 4.79 Å². The second-order valence-electron chi connectivity index (χ2n) is 6.97. The van der Waals surface area contributed by atoms with Crippen LogP contribution in [0.3, 0.4) is 0 Å². The number of fused-ring (bicyclic) bond motifs is 1. The number of nitrogens with zero attached hydrogens (tertiary/aromatic N) is 3. The van der Waals surface area contributed by atoms with Gasteiger partial charge in [0.05, 0.1) is 11.0 Å². The lowest BCUT2D eigenvalue weighted by Gasteiger charge is -2.25. The second-order valence-corrected chi connectivity index (χ2v) is 6.97. The van der Waals surface area contributed by atoms with Crippen molar-refractivity contribution in [2.24, 2.45) is 5.92 Å². The minimum atomic E-state index is -0.0663. The third kappa shape index (κ3) is 4.59. The normalized spacial score (nSPS) is 11.1. The number of amides is 2. The maximum atomic E-state index is 12.7. The van der Waals surface area contributed by atoms with Crippen molar-refractivity contribution in [1.29, 1.82) is 0 Å². The van der Waals surface area contributed by atoms with Crippen LogP contribution in [-0.2, 0) is 13.1 Å². The lowest BCUT2D eigenvalue weighted by atomic mass is 10.2. The number of imidazole rings is 1. The van der Waals surface area contributed by atoms with Crippen molar-refractivity contribution in [1.82, 2.24) is 25.2 Å². The number of hydrogen-bond donors (Lipinski definition) is 2. The molecule has 0 aliphatic rings. The molecule has 2 heterocycles. The Balaban J connectivity index is 1.65. The van der Waals surface area contributed by atoms with Gasteiger partial charge in [0.25, 0.3) is 0 Å². The molecule has 0 bridgehead atoms. The number of hydrogen-bond acceptors (Lipinski definition) is 3. The number of carbonyl (C=O) groups excluding carboxylic acids is 1. The number of aryl methyl sites for hydroxylation is 1. The van der Waals surface area contributed by atoms with Gasteiger partial charge < -0.3 is 15.2 Å². The average molecular weight is 351 g/mol. The Morgan fingerprint density at radius 2 is 2.12 bits per heavy atom. The molecule has 6 heteroatoms. The van der Waals surface area contributed by atoms with E-state index < -0.39 is 0 Å². The van der Waals surface area contributed by atoms with Gasteiger partial charge in [0.1, 0.15) is 5.82 Å². The van der Waals surface area contributed by atoms with Crippen LogP contribution in [0, 0.1) is 12.8 Å². The zero-order chi connectivity index (χ0) is 18.5. The molecule has 0 aliphatic heterocycles. The van der Waals surface area contributed by atoms with Crippen molar-refractivity contribution in [3.05, 3.63) is 59.7 Å². The molecule has 136 valence electrons. The molecule has 0 saturated carbocycles. The van der Waals surface area contributed by atoms with Gasteiger partial charge in [-0.3, -0.25) is 4.98 Å². The van der Waals surface area contributed by atoms with Gasteiger partial charge in [0.2, 0.25) is 0 Å². The summed E-state index contributed by atoms with van der Waals surface area (Å²) in [5.41, 5.74) is 4.00. The number of pyridine rings is 1. The molecule has 1 aromatic carbocycles.